The molecule has 0 atom stereocenters. The van der Waals surface area contributed by atoms with E-state index in [0.717, 1.165) is 13.1 Å². The van der Waals surface area contributed by atoms with Crippen LogP contribution >= 0.6 is 0 Å². The number of hydrogen-bond donors (Lipinski definition) is 0. The molecule has 0 amide bonds. The van der Waals surface area contributed by atoms with Gasteiger partial charge >= 0.3 is 0 Å². The molecule has 2 fully saturated rings. The summed E-state index contributed by atoms with van der Waals surface area (Å²) in [5.74, 6) is 0. The molecular formula is C13H29N3O. The number of likely N-dealkylation sites (N-methyl/N-ethyl adjacent to an activating group) is 1. The summed E-state index contributed by atoms with van der Waals surface area (Å²) < 4.78 is 5.26. The molecule has 0 aromatic carbocycles. The van der Waals surface area contributed by atoms with Crippen molar-refractivity contribution in [2.24, 2.45) is 0 Å². The Morgan fingerprint density at radius 3 is 2.00 bits per heavy atom. The van der Waals surface area contributed by atoms with Crippen LogP contribution in [0.15, 0.2) is 0 Å². The summed E-state index contributed by atoms with van der Waals surface area (Å²) in [6.45, 7) is 13.6. The van der Waals surface area contributed by atoms with Crippen LogP contribution in [0.1, 0.15) is 13.8 Å². The van der Waals surface area contributed by atoms with E-state index in [1.807, 2.05) is 21.0 Å². The van der Waals surface area contributed by atoms with Gasteiger partial charge in [0.1, 0.15) is 0 Å². The van der Waals surface area contributed by atoms with Crippen molar-refractivity contribution in [1.29, 1.82) is 0 Å². The van der Waals surface area contributed by atoms with E-state index in [1.54, 1.807) is 0 Å². The molecule has 0 N–H and O–H groups in total. The highest BCUT2D eigenvalue weighted by Gasteiger charge is 2.26. The molecular weight excluding hydrogens is 214 g/mol. The number of hydrogen-bond acceptors (Lipinski definition) is 4. The third kappa shape index (κ3) is 4.92. The van der Waals surface area contributed by atoms with Crippen LogP contribution in [0.2, 0.25) is 0 Å². The molecule has 2 aliphatic heterocycles. The minimum atomic E-state index is 0.498. The minimum absolute atomic E-state index is 0.498. The van der Waals surface area contributed by atoms with Gasteiger partial charge in [0.15, 0.2) is 0 Å². The van der Waals surface area contributed by atoms with Crippen LogP contribution in [0.4, 0.5) is 0 Å². The van der Waals surface area contributed by atoms with Crippen LogP contribution < -0.4 is 0 Å². The summed E-state index contributed by atoms with van der Waals surface area (Å²) in [5, 5.41) is 0. The summed E-state index contributed by atoms with van der Waals surface area (Å²) in [7, 11) is 4.01. The number of methoxy groups -OCH3 is 1. The van der Waals surface area contributed by atoms with Crippen molar-refractivity contribution in [3.63, 3.8) is 0 Å². The van der Waals surface area contributed by atoms with Crippen LogP contribution in [0.5, 0.6) is 0 Å². The highest BCUT2D eigenvalue weighted by atomic mass is 16.5. The Morgan fingerprint density at radius 1 is 0.941 bits per heavy atom. The standard InChI is InChI=1S/C11H23N3O.C2H6/c1-12-3-5-13(6-4-12)7-8-14-9-11(10-14)15-2;1-2/h11H,3-10H2,1-2H3;1-2H3. The van der Waals surface area contributed by atoms with Crippen LogP contribution in [0.25, 0.3) is 0 Å². The molecule has 0 aliphatic carbocycles. The molecule has 0 unspecified atom stereocenters. The highest BCUT2D eigenvalue weighted by molar-refractivity contribution is 4.81. The lowest BCUT2D eigenvalue weighted by Gasteiger charge is -2.40. The first-order valence-corrected chi connectivity index (χ1v) is 6.94. The van der Waals surface area contributed by atoms with E-state index in [0.29, 0.717) is 6.10 Å². The Balaban J connectivity index is 0.000000686. The largest absolute Gasteiger partial charge is 0.379 e. The van der Waals surface area contributed by atoms with Crippen molar-refractivity contribution in [2.75, 3.05) is 66.5 Å². The number of likely N-dealkylation sites (tertiary alicyclic amines) is 1. The average molecular weight is 243 g/mol. The van der Waals surface area contributed by atoms with E-state index >= 15 is 0 Å². The van der Waals surface area contributed by atoms with Gasteiger partial charge in [-0.05, 0) is 7.05 Å². The molecule has 2 saturated heterocycles. The predicted molar refractivity (Wildman–Crippen MR) is 72.5 cm³/mol. The van der Waals surface area contributed by atoms with Crippen molar-refractivity contribution < 1.29 is 4.74 Å². The van der Waals surface area contributed by atoms with Gasteiger partial charge in [-0.15, -0.1) is 0 Å². The fourth-order valence-corrected chi connectivity index (χ4v) is 2.21. The summed E-state index contributed by atoms with van der Waals surface area (Å²) >= 11 is 0. The zero-order valence-electron chi connectivity index (χ0n) is 12.0. The lowest BCUT2D eigenvalue weighted by Crippen LogP contribution is -2.55. The predicted octanol–water partition coefficient (Wildman–Crippen LogP) is 0.591. The SMILES string of the molecule is CC.COC1CN(CCN2CCN(C)CC2)C1. The lowest BCUT2D eigenvalue weighted by atomic mass is 10.1. The zero-order chi connectivity index (χ0) is 12.7. The molecule has 17 heavy (non-hydrogen) atoms. The molecule has 102 valence electrons. The average Bonchev–Trinajstić information content (AvgIpc) is 2.32. The highest BCUT2D eigenvalue weighted by Crippen LogP contribution is 2.10. The summed E-state index contributed by atoms with van der Waals surface area (Å²) in [6.07, 6.45) is 0.498. The second-order valence-electron chi connectivity index (χ2n) is 4.76. The summed E-state index contributed by atoms with van der Waals surface area (Å²) in [6, 6.07) is 0. The first-order chi connectivity index (χ1) is 8.28. The van der Waals surface area contributed by atoms with Gasteiger partial charge in [-0.3, -0.25) is 9.80 Å². The smallest absolute Gasteiger partial charge is 0.0824 e. The van der Waals surface area contributed by atoms with Gasteiger partial charge in [-0.1, -0.05) is 13.8 Å². The van der Waals surface area contributed by atoms with E-state index in [1.165, 1.54) is 39.3 Å². The normalized spacial score (nSPS) is 24.0. The van der Waals surface area contributed by atoms with Crippen molar-refractivity contribution >= 4 is 0 Å². The van der Waals surface area contributed by atoms with Crippen LogP contribution in [0, 0.1) is 0 Å². The third-order valence-corrected chi connectivity index (χ3v) is 3.59. The quantitative estimate of drug-likeness (QED) is 0.719. The zero-order valence-corrected chi connectivity index (χ0v) is 12.0. The summed E-state index contributed by atoms with van der Waals surface area (Å²) in [5.41, 5.74) is 0. The Hall–Kier alpha value is -0.160. The molecule has 0 radical (unpaired) electrons. The Bertz CT molecular complexity index is 187. The van der Waals surface area contributed by atoms with E-state index in [-0.39, 0.29) is 0 Å². The van der Waals surface area contributed by atoms with Crippen molar-refractivity contribution in [2.45, 2.75) is 20.0 Å². The third-order valence-electron chi connectivity index (χ3n) is 3.59. The van der Waals surface area contributed by atoms with Crippen LogP contribution in [0.3, 0.4) is 0 Å². The molecule has 0 spiro atoms. The molecule has 0 aromatic heterocycles. The molecule has 0 aromatic rings. The van der Waals surface area contributed by atoms with Gasteiger partial charge in [-0.2, -0.15) is 0 Å². The Kier molecular flexibility index (Phi) is 7.04. The van der Waals surface area contributed by atoms with Gasteiger partial charge in [-0.25, -0.2) is 0 Å². The van der Waals surface area contributed by atoms with Gasteiger partial charge < -0.3 is 9.64 Å². The van der Waals surface area contributed by atoms with Crippen molar-refractivity contribution in [3.8, 4) is 0 Å². The second-order valence-corrected chi connectivity index (χ2v) is 4.76. The van der Waals surface area contributed by atoms with Gasteiger partial charge in [0.05, 0.1) is 6.10 Å². The molecule has 0 saturated carbocycles. The van der Waals surface area contributed by atoms with Gasteiger partial charge in [0.25, 0.3) is 0 Å². The van der Waals surface area contributed by atoms with Crippen LogP contribution in [-0.4, -0.2) is 87.3 Å². The van der Waals surface area contributed by atoms with E-state index in [9.17, 15) is 0 Å². The van der Waals surface area contributed by atoms with E-state index in [2.05, 4.69) is 21.7 Å². The summed E-state index contributed by atoms with van der Waals surface area (Å²) in [4.78, 5) is 7.45. The number of rotatable bonds is 4. The maximum atomic E-state index is 5.26. The molecule has 4 nitrogen and oxygen atoms in total. The maximum Gasteiger partial charge on any atom is 0.0824 e. The molecule has 2 aliphatic rings. The molecule has 0 bridgehead atoms. The number of nitrogens with zero attached hydrogens (tertiary/aromatic N) is 3. The first-order valence-electron chi connectivity index (χ1n) is 6.94. The number of piperazine rings is 1. The van der Waals surface area contributed by atoms with Crippen molar-refractivity contribution in [3.05, 3.63) is 0 Å². The molecule has 4 heteroatoms. The van der Waals surface area contributed by atoms with Crippen LogP contribution in [-0.2, 0) is 4.74 Å². The van der Waals surface area contributed by atoms with Crippen molar-refractivity contribution in [1.82, 2.24) is 14.7 Å². The second kappa shape index (κ2) is 8.03. The lowest BCUT2D eigenvalue weighted by molar-refractivity contribution is -0.0334. The molecule has 2 rings (SSSR count). The maximum absolute atomic E-state index is 5.26. The fraction of sp³-hybridized carbons (Fsp3) is 1.00. The number of ether oxygens (including phenoxy) is 1. The molecule has 2 heterocycles. The van der Waals surface area contributed by atoms with Gasteiger partial charge in [0, 0.05) is 59.5 Å². The van der Waals surface area contributed by atoms with Gasteiger partial charge in [0.2, 0.25) is 0 Å². The minimum Gasteiger partial charge on any atom is -0.379 e. The van der Waals surface area contributed by atoms with E-state index in [4.69, 9.17) is 4.74 Å². The first kappa shape index (κ1) is 14.9. The Labute approximate surface area is 107 Å². The monoisotopic (exact) mass is 243 g/mol. The fourth-order valence-electron chi connectivity index (χ4n) is 2.21. The topological polar surface area (TPSA) is 19.0 Å². The Morgan fingerprint density at radius 2 is 1.47 bits per heavy atom. The van der Waals surface area contributed by atoms with E-state index < -0.39 is 0 Å².